The Hall–Kier alpha value is -4.51. The minimum Gasteiger partial charge on any atom is -0.353 e. The van der Waals surface area contributed by atoms with Crippen LogP contribution in [-0.4, -0.2) is 19.0 Å². The Morgan fingerprint density at radius 3 is 1.78 bits per heavy atom. The molecule has 0 fully saturated rings. The molecular formula is C37H26N4OS4. The standard InChI is InChI=1S/C37H26N4OS4/c38-16-17-39-37(42)28-19-23-25(44-28)12-14-27-30(23)32-31-29-22-15-18-43-24(22)11-13-26(29)45-35(31)33(40-20-7-3-1-4-8-20)34(36(32)46-27)41-21-9-5-2-6-10-21/h1-15,18-19,40-41H,16-17,38H2,(H,39,42). The van der Waals surface area contributed by atoms with Gasteiger partial charge in [-0.25, -0.2) is 0 Å². The first-order chi connectivity index (χ1) is 22.7. The minimum atomic E-state index is -0.0776. The van der Waals surface area contributed by atoms with Crippen molar-refractivity contribution in [1.82, 2.24) is 5.32 Å². The Bertz CT molecular complexity index is 2600. The molecule has 1 amide bonds. The summed E-state index contributed by atoms with van der Waals surface area (Å²) in [6.07, 6.45) is 0. The fourth-order valence-corrected chi connectivity index (χ4v) is 10.6. The van der Waals surface area contributed by atoms with E-state index in [1.165, 1.54) is 61.8 Å². The van der Waals surface area contributed by atoms with Gasteiger partial charge in [-0.05, 0) is 66.0 Å². The van der Waals surface area contributed by atoms with E-state index in [2.05, 4.69) is 106 Å². The molecule has 4 heterocycles. The highest BCUT2D eigenvalue weighted by atomic mass is 32.1. The lowest BCUT2D eigenvalue weighted by Gasteiger charge is -2.17. The second kappa shape index (κ2) is 11.1. The van der Waals surface area contributed by atoms with E-state index in [4.69, 9.17) is 5.73 Å². The van der Waals surface area contributed by atoms with Gasteiger partial charge in [0, 0.05) is 75.6 Å². The number of hydrogen-bond donors (Lipinski definition) is 4. The van der Waals surface area contributed by atoms with Crippen molar-refractivity contribution in [3.63, 3.8) is 0 Å². The largest absolute Gasteiger partial charge is 0.353 e. The SMILES string of the molecule is NCCNC(=O)c1cc2c(ccc3sc4c(Nc5ccccc5)c(Nc5ccccc5)c5sc6ccc7sccc7c6c5c4c32)s1. The summed E-state index contributed by atoms with van der Waals surface area (Å²) < 4.78 is 7.22. The number of benzene rings is 5. The van der Waals surface area contributed by atoms with Crippen LogP contribution in [0.2, 0.25) is 0 Å². The maximum absolute atomic E-state index is 13.1. The number of nitrogens with two attached hydrogens (primary N) is 1. The van der Waals surface area contributed by atoms with Crippen LogP contribution in [0.15, 0.2) is 102 Å². The maximum atomic E-state index is 13.1. The maximum Gasteiger partial charge on any atom is 0.261 e. The Morgan fingerprint density at radius 1 is 0.609 bits per heavy atom. The van der Waals surface area contributed by atoms with Crippen LogP contribution in [0.25, 0.3) is 60.5 Å². The molecule has 0 aliphatic rings. The van der Waals surface area contributed by atoms with E-state index in [-0.39, 0.29) is 5.91 Å². The quantitative estimate of drug-likeness (QED) is 0.127. The van der Waals surface area contributed by atoms with Gasteiger partial charge in [0.05, 0.1) is 25.7 Å². The zero-order chi connectivity index (χ0) is 30.8. The molecule has 0 radical (unpaired) electrons. The zero-order valence-corrected chi connectivity index (χ0v) is 27.6. The van der Waals surface area contributed by atoms with Crippen molar-refractivity contribution in [2.45, 2.75) is 0 Å². The van der Waals surface area contributed by atoms with Crippen LogP contribution >= 0.6 is 45.3 Å². The predicted molar refractivity (Wildman–Crippen MR) is 204 cm³/mol. The Kier molecular flexibility index (Phi) is 6.69. The first-order valence-electron chi connectivity index (χ1n) is 15.0. The first-order valence-corrected chi connectivity index (χ1v) is 18.3. The summed E-state index contributed by atoms with van der Waals surface area (Å²) in [7, 11) is 0. The van der Waals surface area contributed by atoms with Gasteiger partial charge in [-0.2, -0.15) is 0 Å². The van der Waals surface area contributed by atoms with Gasteiger partial charge in [-0.15, -0.1) is 45.3 Å². The van der Waals surface area contributed by atoms with Crippen LogP contribution in [0.3, 0.4) is 0 Å². The van der Waals surface area contributed by atoms with Crippen molar-refractivity contribution in [3.05, 3.63) is 107 Å². The van der Waals surface area contributed by atoms with Gasteiger partial charge in [-0.1, -0.05) is 36.4 Å². The molecule has 4 aromatic heterocycles. The number of hydrogen-bond acceptors (Lipinski definition) is 8. The highest BCUT2D eigenvalue weighted by Gasteiger charge is 2.25. The average molecular weight is 671 g/mol. The molecule has 0 bridgehead atoms. The Morgan fingerprint density at radius 2 is 1.17 bits per heavy atom. The first kappa shape index (κ1) is 27.8. The molecule has 0 saturated heterocycles. The topological polar surface area (TPSA) is 79.2 Å². The summed E-state index contributed by atoms with van der Waals surface area (Å²) in [5.74, 6) is -0.0776. The van der Waals surface area contributed by atoms with E-state index in [1.54, 1.807) is 22.7 Å². The summed E-state index contributed by atoms with van der Waals surface area (Å²) in [6.45, 7) is 0.862. The zero-order valence-electron chi connectivity index (χ0n) is 24.3. The van der Waals surface area contributed by atoms with Crippen LogP contribution in [0.5, 0.6) is 0 Å². The molecule has 0 saturated carbocycles. The minimum absolute atomic E-state index is 0.0776. The average Bonchev–Trinajstić information content (AvgIpc) is 3.88. The Labute approximate surface area is 279 Å². The van der Waals surface area contributed by atoms with Crippen molar-refractivity contribution in [3.8, 4) is 0 Å². The number of rotatable bonds is 7. The van der Waals surface area contributed by atoms with Crippen LogP contribution in [-0.2, 0) is 0 Å². The van der Waals surface area contributed by atoms with E-state index in [0.717, 1.165) is 32.8 Å². The molecule has 0 aliphatic carbocycles. The van der Waals surface area contributed by atoms with Gasteiger partial charge >= 0.3 is 0 Å². The summed E-state index contributed by atoms with van der Waals surface area (Å²) in [5.41, 5.74) is 9.86. The number of fused-ring (bicyclic) bond motifs is 11. The lowest BCUT2D eigenvalue weighted by atomic mass is 9.99. The Balaban J connectivity index is 1.46. The van der Waals surface area contributed by atoms with Crippen molar-refractivity contribution in [1.29, 1.82) is 0 Å². The van der Waals surface area contributed by atoms with E-state index in [9.17, 15) is 4.79 Å². The van der Waals surface area contributed by atoms with Crippen LogP contribution in [0.1, 0.15) is 9.67 Å². The number of anilines is 4. The second-order valence-electron chi connectivity index (χ2n) is 11.1. The molecular weight excluding hydrogens is 645 g/mol. The lowest BCUT2D eigenvalue weighted by molar-refractivity contribution is 0.0959. The van der Waals surface area contributed by atoms with E-state index < -0.39 is 0 Å². The highest BCUT2D eigenvalue weighted by molar-refractivity contribution is 7.29. The normalized spacial score (nSPS) is 11.8. The van der Waals surface area contributed by atoms with Gasteiger partial charge in [0.25, 0.3) is 5.91 Å². The number of carbonyl (C=O) groups excluding carboxylic acids is 1. The summed E-state index contributed by atoms with van der Waals surface area (Å²) in [5, 5.41) is 20.2. The molecule has 5 N–H and O–H groups in total. The van der Waals surface area contributed by atoms with Gasteiger partial charge in [0.15, 0.2) is 0 Å². The number of amides is 1. The number of thiophene rings is 4. The van der Waals surface area contributed by atoms with E-state index in [1.807, 2.05) is 23.5 Å². The van der Waals surface area contributed by atoms with E-state index >= 15 is 0 Å². The molecule has 224 valence electrons. The smallest absolute Gasteiger partial charge is 0.261 e. The van der Waals surface area contributed by atoms with Crippen LogP contribution in [0.4, 0.5) is 22.7 Å². The van der Waals surface area contributed by atoms with Crippen molar-refractivity contribution in [2.75, 3.05) is 23.7 Å². The fraction of sp³-hybridized carbons (Fsp3) is 0.0541. The summed E-state index contributed by atoms with van der Waals surface area (Å²) in [6, 6.07) is 34.0. The van der Waals surface area contributed by atoms with Gasteiger partial charge in [-0.3, -0.25) is 4.79 Å². The third kappa shape index (κ3) is 4.39. The van der Waals surface area contributed by atoms with Crippen molar-refractivity contribution in [2.24, 2.45) is 5.73 Å². The number of carbonyl (C=O) groups is 1. The predicted octanol–water partition coefficient (Wildman–Crippen LogP) is 11.0. The van der Waals surface area contributed by atoms with Gasteiger partial charge in [0.2, 0.25) is 0 Å². The molecule has 0 unspecified atom stereocenters. The fourth-order valence-electron chi connectivity index (χ4n) is 6.36. The molecule has 0 atom stereocenters. The third-order valence-corrected chi connectivity index (χ3v) is 12.7. The molecule has 9 rings (SSSR count). The lowest BCUT2D eigenvalue weighted by Crippen LogP contribution is -2.28. The van der Waals surface area contributed by atoms with Crippen LogP contribution < -0.4 is 21.7 Å². The van der Waals surface area contributed by atoms with Gasteiger partial charge < -0.3 is 21.7 Å². The highest BCUT2D eigenvalue weighted by Crippen LogP contribution is 2.56. The number of para-hydroxylation sites is 2. The molecule has 9 heteroatoms. The number of nitrogens with one attached hydrogen (secondary N) is 3. The summed E-state index contributed by atoms with van der Waals surface area (Å²) in [4.78, 5) is 13.8. The molecule has 9 aromatic rings. The molecule has 0 spiro atoms. The molecule has 0 aliphatic heterocycles. The monoisotopic (exact) mass is 670 g/mol. The van der Waals surface area contributed by atoms with Crippen molar-refractivity contribution < 1.29 is 4.79 Å². The van der Waals surface area contributed by atoms with E-state index in [0.29, 0.717) is 18.0 Å². The molecule has 46 heavy (non-hydrogen) atoms. The molecule has 5 nitrogen and oxygen atoms in total. The second-order valence-corrected chi connectivity index (χ2v) is 15.3. The van der Waals surface area contributed by atoms with Crippen molar-refractivity contribution >= 4 is 135 Å². The molecule has 5 aromatic carbocycles. The summed E-state index contributed by atoms with van der Waals surface area (Å²) >= 11 is 6.96. The van der Waals surface area contributed by atoms with Crippen LogP contribution in [0, 0.1) is 0 Å². The third-order valence-electron chi connectivity index (χ3n) is 8.33. The van der Waals surface area contributed by atoms with Gasteiger partial charge in [0.1, 0.15) is 0 Å².